The molecular weight excluding hydrogens is 164 g/mol. The fourth-order valence-electron chi connectivity index (χ4n) is 1.48. The topological polar surface area (TPSA) is 56.7 Å². The van der Waals surface area contributed by atoms with Gasteiger partial charge in [0.15, 0.2) is 0 Å². The number of rotatable bonds is 5. The number of aromatic nitrogens is 3. The minimum atomic E-state index is 0.471. The monoisotopic (exact) mass is 182 g/mol. The summed E-state index contributed by atoms with van der Waals surface area (Å²) in [5.74, 6) is 1.53. The Morgan fingerprint density at radius 3 is 3.00 bits per heavy atom. The van der Waals surface area contributed by atoms with E-state index in [1.54, 1.807) is 6.33 Å². The fraction of sp³-hybridized carbons (Fsp3) is 0.778. The zero-order chi connectivity index (χ0) is 9.68. The number of hydrogen-bond acceptors (Lipinski definition) is 3. The molecule has 0 aliphatic carbocycles. The van der Waals surface area contributed by atoms with E-state index in [9.17, 15) is 0 Å². The van der Waals surface area contributed by atoms with E-state index < -0.39 is 0 Å². The van der Waals surface area contributed by atoms with Crippen LogP contribution in [-0.4, -0.2) is 14.8 Å². The summed E-state index contributed by atoms with van der Waals surface area (Å²) in [5.41, 5.74) is 5.52. The maximum Gasteiger partial charge on any atom is 0.140 e. The van der Waals surface area contributed by atoms with Gasteiger partial charge >= 0.3 is 0 Å². The summed E-state index contributed by atoms with van der Waals surface area (Å²) in [6.07, 6.45) is 4.01. The van der Waals surface area contributed by atoms with E-state index in [1.807, 2.05) is 4.68 Å². The first-order valence-electron chi connectivity index (χ1n) is 4.84. The second kappa shape index (κ2) is 4.97. The van der Waals surface area contributed by atoms with Crippen molar-refractivity contribution in [2.45, 2.75) is 39.8 Å². The van der Waals surface area contributed by atoms with Gasteiger partial charge < -0.3 is 5.73 Å². The van der Waals surface area contributed by atoms with Crippen LogP contribution in [0.2, 0.25) is 0 Å². The minimum Gasteiger partial charge on any atom is -0.324 e. The molecule has 1 unspecified atom stereocenters. The quantitative estimate of drug-likeness (QED) is 0.743. The molecule has 74 valence electrons. The Kier molecular flexibility index (Phi) is 3.89. The van der Waals surface area contributed by atoms with Crippen LogP contribution >= 0.6 is 0 Å². The van der Waals surface area contributed by atoms with Crippen molar-refractivity contribution in [3.05, 3.63) is 12.2 Å². The van der Waals surface area contributed by atoms with Gasteiger partial charge in [0.05, 0.1) is 6.54 Å². The Morgan fingerprint density at radius 1 is 1.62 bits per heavy atom. The summed E-state index contributed by atoms with van der Waals surface area (Å²) in [5, 5.41) is 4.13. The fourth-order valence-corrected chi connectivity index (χ4v) is 1.48. The van der Waals surface area contributed by atoms with Gasteiger partial charge in [-0.1, -0.05) is 20.3 Å². The highest BCUT2D eigenvalue weighted by atomic mass is 15.3. The zero-order valence-electron chi connectivity index (χ0n) is 8.40. The lowest BCUT2D eigenvalue weighted by Gasteiger charge is -2.10. The lowest BCUT2D eigenvalue weighted by Crippen LogP contribution is -2.14. The van der Waals surface area contributed by atoms with Crippen molar-refractivity contribution in [1.29, 1.82) is 0 Å². The van der Waals surface area contributed by atoms with E-state index in [4.69, 9.17) is 5.73 Å². The van der Waals surface area contributed by atoms with Crippen molar-refractivity contribution in [2.24, 2.45) is 11.7 Å². The molecule has 1 heterocycles. The van der Waals surface area contributed by atoms with Gasteiger partial charge in [0.25, 0.3) is 0 Å². The van der Waals surface area contributed by atoms with Crippen LogP contribution in [0.3, 0.4) is 0 Å². The molecule has 1 aromatic rings. The van der Waals surface area contributed by atoms with Crippen LogP contribution in [-0.2, 0) is 13.1 Å². The first kappa shape index (κ1) is 10.2. The molecule has 1 atom stereocenters. The summed E-state index contributed by atoms with van der Waals surface area (Å²) >= 11 is 0. The highest BCUT2D eigenvalue weighted by Gasteiger charge is 2.06. The van der Waals surface area contributed by atoms with Crippen molar-refractivity contribution in [3.8, 4) is 0 Å². The molecule has 4 nitrogen and oxygen atoms in total. The average molecular weight is 182 g/mol. The molecule has 4 heteroatoms. The summed E-state index contributed by atoms with van der Waals surface area (Å²) in [6.45, 7) is 5.83. The molecule has 0 fully saturated rings. The molecule has 1 aromatic heterocycles. The molecule has 0 saturated carbocycles. The molecule has 0 saturated heterocycles. The van der Waals surface area contributed by atoms with Gasteiger partial charge in [0.1, 0.15) is 12.2 Å². The molecular formula is C9H18N4. The van der Waals surface area contributed by atoms with Crippen LogP contribution < -0.4 is 5.73 Å². The van der Waals surface area contributed by atoms with Gasteiger partial charge in [-0.2, -0.15) is 5.10 Å². The summed E-state index contributed by atoms with van der Waals surface area (Å²) < 4.78 is 1.90. The van der Waals surface area contributed by atoms with Gasteiger partial charge in [0.2, 0.25) is 0 Å². The normalized spacial score (nSPS) is 13.2. The summed E-state index contributed by atoms with van der Waals surface area (Å²) in [6, 6.07) is 0. The van der Waals surface area contributed by atoms with Gasteiger partial charge in [0, 0.05) is 6.54 Å². The first-order valence-corrected chi connectivity index (χ1v) is 4.84. The molecule has 0 aliphatic rings. The van der Waals surface area contributed by atoms with E-state index in [0.717, 1.165) is 12.4 Å². The molecule has 0 spiro atoms. The molecule has 0 aromatic carbocycles. The molecule has 1 rings (SSSR count). The van der Waals surface area contributed by atoms with Gasteiger partial charge in [-0.3, -0.25) is 0 Å². The summed E-state index contributed by atoms with van der Waals surface area (Å²) in [4.78, 5) is 4.07. The maximum absolute atomic E-state index is 5.52. The van der Waals surface area contributed by atoms with E-state index in [0.29, 0.717) is 12.5 Å². The lowest BCUT2D eigenvalue weighted by molar-refractivity contribution is 0.410. The zero-order valence-corrected chi connectivity index (χ0v) is 8.40. The van der Waals surface area contributed by atoms with Crippen LogP contribution in [0.4, 0.5) is 0 Å². The van der Waals surface area contributed by atoms with Gasteiger partial charge in [-0.05, 0) is 12.3 Å². The van der Waals surface area contributed by atoms with Gasteiger partial charge in [-0.15, -0.1) is 0 Å². The molecule has 0 aliphatic heterocycles. The molecule has 0 radical (unpaired) electrons. The SMILES string of the molecule is CCCC(C)Cn1ncnc1CN. The Bertz CT molecular complexity index is 244. The van der Waals surface area contributed by atoms with Crippen LogP contribution in [0.15, 0.2) is 6.33 Å². The van der Waals surface area contributed by atoms with Crippen molar-refractivity contribution in [2.75, 3.05) is 0 Å². The maximum atomic E-state index is 5.52. The van der Waals surface area contributed by atoms with E-state index in [-0.39, 0.29) is 0 Å². The highest BCUT2D eigenvalue weighted by molar-refractivity contribution is 4.82. The molecule has 13 heavy (non-hydrogen) atoms. The largest absolute Gasteiger partial charge is 0.324 e. The predicted molar refractivity (Wildman–Crippen MR) is 52.0 cm³/mol. The Hall–Kier alpha value is -0.900. The van der Waals surface area contributed by atoms with Crippen molar-refractivity contribution < 1.29 is 0 Å². The Labute approximate surface area is 79.2 Å². The Balaban J connectivity index is 2.52. The third-order valence-corrected chi connectivity index (χ3v) is 2.14. The molecule has 0 bridgehead atoms. The third kappa shape index (κ3) is 2.81. The first-order chi connectivity index (χ1) is 6.27. The van der Waals surface area contributed by atoms with Crippen LogP contribution in [0.5, 0.6) is 0 Å². The minimum absolute atomic E-state index is 0.471. The van der Waals surface area contributed by atoms with Crippen molar-refractivity contribution >= 4 is 0 Å². The summed E-state index contributed by atoms with van der Waals surface area (Å²) in [7, 11) is 0. The second-order valence-electron chi connectivity index (χ2n) is 3.46. The third-order valence-electron chi connectivity index (χ3n) is 2.14. The van der Waals surface area contributed by atoms with Crippen molar-refractivity contribution in [3.63, 3.8) is 0 Å². The number of hydrogen-bond donors (Lipinski definition) is 1. The number of nitrogens with two attached hydrogens (primary N) is 1. The number of nitrogens with zero attached hydrogens (tertiary/aromatic N) is 3. The predicted octanol–water partition coefficient (Wildman–Crippen LogP) is 1.17. The van der Waals surface area contributed by atoms with Crippen LogP contribution in [0.1, 0.15) is 32.5 Å². The average Bonchev–Trinajstić information content (AvgIpc) is 2.52. The van der Waals surface area contributed by atoms with E-state index >= 15 is 0 Å². The second-order valence-corrected chi connectivity index (χ2v) is 3.46. The molecule has 0 amide bonds. The highest BCUT2D eigenvalue weighted by Crippen LogP contribution is 2.08. The standard InChI is InChI=1S/C9H18N4/c1-3-4-8(2)6-13-9(5-10)11-7-12-13/h7-8H,3-6,10H2,1-2H3. The lowest BCUT2D eigenvalue weighted by atomic mass is 10.1. The van der Waals surface area contributed by atoms with Crippen LogP contribution in [0.25, 0.3) is 0 Å². The van der Waals surface area contributed by atoms with Crippen molar-refractivity contribution in [1.82, 2.24) is 14.8 Å². The van der Waals surface area contributed by atoms with E-state index in [2.05, 4.69) is 23.9 Å². The van der Waals surface area contributed by atoms with E-state index in [1.165, 1.54) is 12.8 Å². The smallest absolute Gasteiger partial charge is 0.140 e. The van der Waals surface area contributed by atoms with Crippen LogP contribution in [0, 0.1) is 5.92 Å². The van der Waals surface area contributed by atoms with Gasteiger partial charge in [-0.25, -0.2) is 9.67 Å². The Morgan fingerprint density at radius 2 is 2.38 bits per heavy atom. The molecule has 2 N–H and O–H groups in total.